The van der Waals surface area contributed by atoms with Crippen LogP contribution in [-0.2, 0) is 15.3 Å². The van der Waals surface area contributed by atoms with Crippen molar-refractivity contribution in [3.63, 3.8) is 0 Å². The van der Waals surface area contributed by atoms with E-state index in [1.807, 2.05) is 37.3 Å². The van der Waals surface area contributed by atoms with Crippen molar-refractivity contribution in [2.24, 2.45) is 0 Å². The van der Waals surface area contributed by atoms with Crippen LogP contribution in [0.3, 0.4) is 0 Å². The number of hydrogen-bond donors (Lipinski definition) is 1. The maximum Gasteiger partial charge on any atom is 0.301 e. The van der Waals surface area contributed by atoms with Crippen molar-refractivity contribution in [1.29, 1.82) is 0 Å². The van der Waals surface area contributed by atoms with Gasteiger partial charge in [0.05, 0.1) is 31.9 Å². The highest BCUT2D eigenvalue weighted by Crippen LogP contribution is 2.45. The van der Waals surface area contributed by atoms with Gasteiger partial charge in [-0.15, -0.1) is 10.2 Å². The molecule has 1 saturated heterocycles. The van der Waals surface area contributed by atoms with E-state index in [4.69, 9.17) is 14.2 Å². The number of unbranched alkanes of at least 4 members (excludes halogenated alkanes) is 1. The highest BCUT2D eigenvalue weighted by atomic mass is 32.2. The maximum absolute atomic E-state index is 13.6. The molecule has 0 unspecified atom stereocenters. The van der Waals surface area contributed by atoms with Gasteiger partial charge < -0.3 is 19.3 Å². The lowest BCUT2D eigenvalue weighted by Crippen LogP contribution is -2.29. The van der Waals surface area contributed by atoms with Gasteiger partial charge in [0.15, 0.2) is 15.8 Å². The van der Waals surface area contributed by atoms with Gasteiger partial charge in [0.25, 0.3) is 5.78 Å². The maximum atomic E-state index is 13.6. The Hall–Kier alpha value is -4.35. The molecule has 1 fully saturated rings. The molecule has 9 nitrogen and oxygen atoms in total. The Bertz CT molecular complexity index is 1640. The molecule has 44 heavy (non-hydrogen) atoms. The summed E-state index contributed by atoms with van der Waals surface area (Å²) in [6, 6.07) is 21.0. The number of nitrogens with zero attached hydrogens (tertiary/aromatic N) is 3. The molecule has 228 valence electrons. The lowest BCUT2D eigenvalue weighted by molar-refractivity contribution is -0.132. The Morgan fingerprint density at radius 2 is 1.75 bits per heavy atom. The molecule has 0 spiro atoms. The van der Waals surface area contributed by atoms with E-state index in [-0.39, 0.29) is 16.5 Å². The lowest BCUT2D eigenvalue weighted by Gasteiger charge is -2.23. The van der Waals surface area contributed by atoms with Crippen LogP contribution in [0, 0.1) is 0 Å². The summed E-state index contributed by atoms with van der Waals surface area (Å²) in [6.45, 7) is 4.97. The predicted molar refractivity (Wildman–Crippen MR) is 172 cm³/mol. The van der Waals surface area contributed by atoms with Crippen LogP contribution >= 0.6 is 23.1 Å². The number of thioether (sulfide) groups is 1. The van der Waals surface area contributed by atoms with Crippen molar-refractivity contribution in [2.45, 2.75) is 42.8 Å². The number of rotatable bonds is 13. The van der Waals surface area contributed by atoms with E-state index >= 15 is 0 Å². The largest absolute Gasteiger partial charge is 0.507 e. The highest BCUT2D eigenvalue weighted by molar-refractivity contribution is 8.00. The van der Waals surface area contributed by atoms with Crippen LogP contribution in [0.1, 0.15) is 49.4 Å². The molecule has 2 heterocycles. The smallest absolute Gasteiger partial charge is 0.301 e. The number of amides is 1. The molecule has 1 amide bonds. The third-order valence-electron chi connectivity index (χ3n) is 6.95. The lowest BCUT2D eigenvalue weighted by atomic mass is 9.95. The average Bonchev–Trinajstić information content (AvgIpc) is 3.62. The van der Waals surface area contributed by atoms with Crippen LogP contribution < -0.4 is 19.1 Å². The SMILES string of the molecule is CCCCOc1ccc(C(O)=C2C(=O)C(=O)N(c3nnc(SCc4ccccc4)s3)[C@@H]2c2ccc(OCC)c(OC)c2)cc1. The average molecular weight is 632 g/mol. The minimum atomic E-state index is -0.986. The molecule has 1 aliphatic heterocycles. The molecule has 0 radical (unpaired) electrons. The quantitative estimate of drug-likeness (QED) is 0.0415. The first-order valence-corrected chi connectivity index (χ1v) is 16.1. The molecule has 4 aromatic rings. The summed E-state index contributed by atoms with van der Waals surface area (Å²) in [6.07, 6.45) is 1.94. The number of carbonyl (C=O) groups is 2. The fraction of sp³-hybridized carbons (Fsp3) is 0.273. The monoisotopic (exact) mass is 631 g/mol. The van der Waals surface area contributed by atoms with Crippen LogP contribution in [0.4, 0.5) is 5.13 Å². The summed E-state index contributed by atoms with van der Waals surface area (Å²) < 4.78 is 17.7. The van der Waals surface area contributed by atoms with E-state index in [1.165, 1.54) is 35.1 Å². The van der Waals surface area contributed by atoms with Gasteiger partial charge in [-0.1, -0.05) is 72.8 Å². The van der Waals surface area contributed by atoms with Crippen LogP contribution in [0.5, 0.6) is 17.2 Å². The Kier molecular flexibility index (Phi) is 10.2. The van der Waals surface area contributed by atoms with Gasteiger partial charge in [-0.3, -0.25) is 14.5 Å². The molecule has 0 aliphatic carbocycles. The van der Waals surface area contributed by atoms with Crippen molar-refractivity contribution < 1.29 is 28.9 Å². The Balaban J connectivity index is 1.54. The molecule has 1 aliphatic rings. The second-order valence-electron chi connectivity index (χ2n) is 9.86. The Morgan fingerprint density at radius 1 is 0.977 bits per heavy atom. The van der Waals surface area contributed by atoms with E-state index in [0.717, 1.165) is 18.4 Å². The van der Waals surface area contributed by atoms with Crippen molar-refractivity contribution in [1.82, 2.24) is 10.2 Å². The number of aromatic nitrogens is 2. The Morgan fingerprint density at radius 3 is 2.45 bits per heavy atom. The molecule has 5 rings (SSSR count). The fourth-order valence-corrected chi connectivity index (χ4v) is 6.57. The number of carbonyl (C=O) groups excluding carboxylic acids is 2. The number of hydrogen-bond acceptors (Lipinski definition) is 10. The number of Topliss-reactive ketones (excluding diaryl/α,β-unsaturated/α-hetero) is 1. The third kappa shape index (κ3) is 6.74. The molecule has 1 N–H and O–H groups in total. The summed E-state index contributed by atoms with van der Waals surface area (Å²) >= 11 is 2.70. The highest BCUT2D eigenvalue weighted by Gasteiger charge is 2.48. The van der Waals surface area contributed by atoms with E-state index in [2.05, 4.69) is 17.1 Å². The summed E-state index contributed by atoms with van der Waals surface area (Å²) in [4.78, 5) is 28.6. The van der Waals surface area contributed by atoms with Gasteiger partial charge >= 0.3 is 5.91 Å². The number of benzene rings is 3. The normalized spacial score (nSPS) is 15.9. The summed E-state index contributed by atoms with van der Waals surface area (Å²) in [5.41, 5.74) is 1.98. The van der Waals surface area contributed by atoms with Crippen molar-refractivity contribution in [3.05, 3.63) is 95.1 Å². The van der Waals surface area contributed by atoms with Crippen molar-refractivity contribution >= 4 is 45.7 Å². The molecule has 11 heteroatoms. The fourth-order valence-electron chi connectivity index (χ4n) is 4.75. The minimum absolute atomic E-state index is 0.0606. The van der Waals surface area contributed by atoms with E-state index in [0.29, 0.717) is 51.7 Å². The first-order valence-electron chi connectivity index (χ1n) is 14.3. The predicted octanol–water partition coefficient (Wildman–Crippen LogP) is 7.04. The topological polar surface area (TPSA) is 111 Å². The second kappa shape index (κ2) is 14.4. The van der Waals surface area contributed by atoms with Crippen LogP contribution in [0.25, 0.3) is 5.76 Å². The van der Waals surface area contributed by atoms with Crippen LogP contribution in [-0.4, -0.2) is 47.3 Å². The summed E-state index contributed by atoms with van der Waals surface area (Å²) in [7, 11) is 1.52. The number of ether oxygens (including phenoxy) is 3. The molecule has 3 aromatic carbocycles. The molecule has 1 aromatic heterocycles. The standard InChI is InChI=1S/C33H33N3O6S2/c1-4-6-18-42-24-15-12-22(13-16-24)29(37)27-28(23-14-17-25(41-5-2)26(19-23)40-3)36(31(39)30(27)38)32-34-35-33(44-32)43-20-21-10-8-7-9-11-21/h7-17,19,28,37H,4-6,18,20H2,1-3H3/t28-/m1/s1. The molecular formula is C33H33N3O6S2. The van der Waals surface area contributed by atoms with Gasteiger partial charge in [-0.05, 0) is 60.9 Å². The zero-order chi connectivity index (χ0) is 31.1. The number of aliphatic hydroxyl groups is 1. The minimum Gasteiger partial charge on any atom is -0.507 e. The van der Waals surface area contributed by atoms with Gasteiger partial charge in [0, 0.05) is 11.3 Å². The zero-order valence-corrected chi connectivity index (χ0v) is 26.3. The van der Waals surface area contributed by atoms with Crippen molar-refractivity contribution in [2.75, 3.05) is 25.2 Å². The van der Waals surface area contributed by atoms with E-state index < -0.39 is 17.7 Å². The van der Waals surface area contributed by atoms with Gasteiger partial charge in [-0.25, -0.2) is 0 Å². The molecule has 0 saturated carbocycles. The first-order chi connectivity index (χ1) is 21.4. The summed E-state index contributed by atoms with van der Waals surface area (Å²) in [5.74, 6) is 0.345. The van der Waals surface area contributed by atoms with E-state index in [9.17, 15) is 14.7 Å². The van der Waals surface area contributed by atoms with Gasteiger partial charge in [0.2, 0.25) is 5.13 Å². The van der Waals surface area contributed by atoms with E-state index in [1.54, 1.807) is 42.5 Å². The van der Waals surface area contributed by atoms with Gasteiger partial charge in [0.1, 0.15) is 11.5 Å². The molecule has 0 bridgehead atoms. The zero-order valence-electron chi connectivity index (χ0n) is 24.7. The van der Waals surface area contributed by atoms with Gasteiger partial charge in [-0.2, -0.15) is 0 Å². The van der Waals surface area contributed by atoms with Crippen LogP contribution in [0.2, 0.25) is 0 Å². The van der Waals surface area contributed by atoms with Crippen LogP contribution in [0.15, 0.2) is 82.7 Å². The molecule has 1 atom stereocenters. The number of methoxy groups -OCH3 is 1. The van der Waals surface area contributed by atoms with Crippen molar-refractivity contribution in [3.8, 4) is 17.2 Å². The number of ketones is 1. The summed E-state index contributed by atoms with van der Waals surface area (Å²) in [5, 5.41) is 20.4. The Labute approximate surface area is 264 Å². The number of anilines is 1. The molecular weight excluding hydrogens is 599 g/mol. The second-order valence-corrected chi connectivity index (χ2v) is 12.0. The first kappa shape index (κ1) is 31.1. The number of aliphatic hydroxyl groups excluding tert-OH is 1. The third-order valence-corrected chi connectivity index (χ3v) is 9.08.